The topological polar surface area (TPSA) is 260 Å². The first-order valence-electron chi connectivity index (χ1n) is 13.0. The van der Waals surface area contributed by atoms with Gasteiger partial charge < -0.3 is 27.9 Å². The fourth-order valence-electron chi connectivity index (χ4n) is 2.32. The lowest BCUT2D eigenvalue weighted by molar-refractivity contribution is -0.169. The molecule has 234 valence electrons. The van der Waals surface area contributed by atoms with Gasteiger partial charge in [0.15, 0.2) is 5.96 Å². The van der Waals surface area contributed by atoms with E-state index in [2.05, 4.69) is 15.3 Å². The van der Waals surface area contributed by atoms with E-state index in [1.165, 1.54) is 0 Å². The van der Waals surface area contributed by atoms with Crippen molar-refractivity contribution in [2.45, 2.75) is 80.7 Å². The monoisotopic (exact) mass is 576 g/mol. The number of aliphatic imine (C=N–C) groups is 2. The molecule has 0 radical (unpaired) electrons. The van der Waals surface area contributed by atoms with Gasteiger partial charge in [-0.05, 0) is 47.0 Å². The summed E-state index contributed by atoms with van der Waals surface area (Å²) >= 11 is 0. The van der Waals surface area contributed by atoms with Crippen LogP contribution < -0.4 is 22.5 Å². The Morgan fingerprint density at radius 1 is 0.800 bits per heavy atom. The number of hydroxylamine groups is 6. The van der Waals surface area contributed by atoms with Crippen molar-refractivity contribution in [3.63, 3.8) is 0 Å². The van der Waals surface area contributed by atoms with Gasteiger partial charge in [0, 0.05) is 36.7 Å². The highest BCUT2D eigenvalue weighted by atomic mass is 16.5. The molecule has 16 heteroatoms. The van der Waals surface area contributed by atoms with Crippen molar-refractivity contribution in [3.05, 3.63) is 0 Å². The van der Waals surface area contributed by atoms with Crippen LogP contribution in [0.1, 0.15) is 74.7 Å². The van der Waals surface area contributed by atoms with E-state index in [-0.39, 0.29) is 43.0 Å². The van der Waals surface area contributed by atoms with E-state index < -0.39 is 11.9 Å². The Morgan fingerprint density at radius 3 is 1.68 bits per heavy atom. The number of carbonyl (C=O) groups excluding carboxylic acids is 3. The third-order valence-electron chi connectivity index (χ3n) is 4.34. The molecule has 0 aliphatic rings. The van der Waals surface area contributed by atoms with Gasteiger partial charge >= 0.3 is 6.03 Å². The van der Waals surface area contributed by atoms with E-state index in [0.29, 0.717) is 54.0 Å². The molecular formula is C24H52N10O6. The number of hydrogen-bond acceptors (Lipinski definition) is 9. The number of amides is 4. The Kier molecular flexibility index (Phi) is 24.0. The molecule has 11 N–H and O–H groups in total. The van der Waals surface area contributed by atoms with Crippen molar-refractivity contribution < 1.29 is 30.0 Å². The number of nitrogens with two attached hydrogens (primary N) is 3. The highest BCUT2D eigenvalue weighted by Gasteiger charge is 2.14. The normalized spacial score (nSPS) is 10.6. The van der Waals surface area contributed by atoms with Crippen LogP contribution in [-0.2, 0) is 9.59 Å². The minimum atomic E-state index is -0.488. The standard InChI is InChI=1S/C9H20N4O2.C9H18N2O2.C6H14N4O2/c1-7(2)12-9(14)13(15)6-4-5-11-8(3)10;1-7(2)9(12)11(13)6-4-5-8(3)10;1-4(2)5(11)10(12)3-9-6(7)8/h7,15H,4-6H2,1-3H3,(H2,10,11)(H,12,14);7,10,13H,4-6H2,1-3H3;4,12H,3H2,1-2H3,(H4,7,8,9). The van der Waals surface area contributed by atoms with Gasteiger partial charge in [-0.15, -0.1) is 0 Å². The molecule has 0 fully saturated rings. The lowest BCUT2D eigenvalue weighted by Crippen LogP contribution is -2.41. The van der Waals surface area contributed by atoms with E-state index in [9.17, 15) is 24.8 Å². The molecule has 16 nitrogen and oxygen atoms in total. The van der Waals surface area contributed by atoms with E-state index in [1.54, 1.807) is 41.5 Å². The quantitative estimate of drug-likeness (QED) is 0.0516. The molecule has 0 aromatic rings. The molecule has 0 aliphatic heterocycles. The molecule has 0 saturated heterocycles. The van der Waals surface area contributed by atoms with Crippen LogP contribution in [0.25, 0.3) is 0 Å². The third-order valence-corrected chi connectivity index (χ3v) is 4.34. The van der Waals surface area contributed by atoms with Crippen LogP contribution in [0.4, 0.5) is 4.79 Å². The van der Waals surface area contributed by atoms with Gasteiger partial charge in [0.05, 0.1) is 12.4 Å². The van der Waals surface area contributed by atoms with Crippen molar-refractivity contribution in [1.29, 1.82) is 5.41 Å². The molecule has 0 saturated carbocycles. The summed E-state index contributed by atoms with van der Waals surface area (Å²) in [6.45, 7) is 14.7. The SMILES string of the molecule is CC(=N)CCCN(O)C(=O)C(C)C.CC(C)C(=O)N(O)CN=C(N)N.CC(N)=NCCCN(O)C(=O)NC(C)C. The molecule has 4 amide bonds. The largest absolute Gasteiger partial charge is 0.388 e. The average molecular weight is 577 g/mol. The lowest BCUT2D eigenvalue weighted by atomic mass is 10.2. The van der Waals surface area contributed by atoms with Crippen LogP contribution in [-0.4, -0.2) is 98.5 Å². The summed E-state index contributed by atoms with van der Waals surface area (Å²) in [6, 6.07) is -0.477. The number of hydrogen-bond donors (Lipinski definition) is 8. The smallest absolute Gasteiger partial charge is 0.341 e. The Bertz CT molecular complexity index is 810. The van der Waals surface area contributed by atoms with Gasteiger partial charge in [-0.3, -0.25) is 30.2 Å². The summed E-state index contributed by atoms with van der Waals surface area (Å²) in [6.07, 6.45) is 1.85. The summed E-state index contributed by atoms with van der Waals surface area (Å²) in [5, 5.41) is 39.1. The number of amidine groups is 1. The lowest BCUT2D eigenvalue weighted by Gasteiger charge is -2.16. The van der Waals surface area contributed by atoms with Gasteiger partial charge in [-0.2, -0.15) is 0 Å². The van der Waals surface area contributed by atoms with Gasteiger partial charge in [0.2, 0.25) is 11.8 Å². The van der Waals surface area contributed by atoms with E-state index in [4.69, 9.17) is 27.8 Å². The number of rotatable bonds is 13. The molecule has 0 aromatic carbocycles. The minimum absolute atomic E-state index is 0.0106. The Labute approximate surface area is 237 Å². The van der Waals surface area contributed by atoms with Crippen LogP contribution in [0.5, 0.6) is 0 Å². The summed E-state index contributed by atoms with van der Waals surface area (Å²) in [4.78, 5) is 40.7. The molecule has 0 rings (SSSR count). The predicted molar refractivity (Wildman–Crippen MR) is 154 cm³/mol. The highest BCUT2D eigenvalue weighted by molar-refractivity contribution is 5.79. The first-order valence-corrected chi connectivity index (χ1v) is 13.0. The second-order valence-electron chi connectivity index (χ2n) is 9.72. The average Bonchev–Trinajstić information content (AvgIpc) is 2.83. The Hall–Kier alpha value is -3.50. The zero-order valence-corrected chi connectivity index (χ0v) is 25.2. The fraction of sp³-hybridized carbons (Fsp3) is 0.750. The van der Waals surface area contributed by atoms with Crippen molar-refractivity contribution >= 4 is 35.4 Å². The van der Waals surface area contributed by atoms with E-state index >= 15 is 0 Å². The fourth-order valence-corrected chi connectivity index (χ4v) is 2.32. The second kappa shape index (κ2) is 23.4. The Balaban J connectivity index is -0.000000517. The maximum Gasteiger partial charge on any atom is 0.341 e. The van der Waals surface area contributed by atoms with Crippen LogP contribution >= 0.6 is 0 Å². The molecular weight excluding hydrogens is 524 g/mol. The Morgan fingerprint density at radius 2 is 1.27 bits per heavy atom. The minimum Gasteiger partial charge on any atom is -0.388 e. The van der Waals surface area contributed by atoms with E-state index in [0.717, 1.165) is 5.06 Å². The van der Waals surface area contributed by atoms with Crippen LogP contribution in [0.15, 0.2) is 9.98 Å². The van der Waals surface area contributed by atoms with Crippen molar-refractivity contribution in [2.24, 2.45) is 39.0 Å². The molecule has 40 heavy (non-hydrogen) atoms. The summed E-state index contributed by atoms with van der Waals surface area (Å²) in [7, 11) is 0. The van der Waals surface area contributed by atoms with Crippen molar-refractivity contribution in [1.82, 2.24) is 20.5 Å². The first kappa shape index (κ1) is 41.0. The molecule has 0 bridgehead atoms. The second-order valence-corrected chi connectivity index (χ2v) is 9.72. The highest BCUT2D eigenvalue weighted by Crippen LogP contribution is 2.01. The third kappa shape index (κ3) is 26.1. The molecule has 0 spiro atoms. The van der Waals surface area contributed by atoms with Crippen LogP contribution in [0.3, 0.4) is 0 Å². The molecule has 0 aromatic heterocycles. The van der Waals surface area contributed by atoms with Gasteiger partial charge in [-0.1, -0.05) is 27.7 Å². The predicted octanol–water partition coefficient (Wildman–Crippen LogP) is 1.33. The van der Waals surface area contributed by atoms with E-state index in [1.807, 2.05) is 13.8 Å². The number of nitrogens with zero attached hydrogens (tertiary/aromatic N) is 5. The van der Waals surface area contributed by atoms with Crippen molar-refractivity contribution in [3.8, 4) is 0 Å². The maximum atomic E-state index is 11.2. The first-order chi connectivity index (χ1) is 18.3. The molecule has 0 aliphatic carbocycles. The van der Waals surface area contributed by atoms with Gasteiger partial charge in [0.1, 0.15) is 6.67 Å². The van der Waals surface area contributed by atoms with Crippen molar-refractivity contribution in [2.75, 3.05) is 26.3 Å². The maximum absolute atomic E-state index is 11.2. The molecule has 0 atom stereocenters. The van der Waals surface area contributed by atoms with Crippen LogP contribution in [0, 0.1) is 17.2 Å². The number of urea groups is 1. The van der Waals surface area contributed by atoms with Gasteiger partial charge in [0.25, 0.3) is 0 Å². The zero-order valence-electron chi connectivity index (χ0n) is 25.2. The summed E-state index contributed by atoms with van der Waals surface area (Å²) < 4.78 is 0. The molecule has 0 unspecified atom stereocenters. The zero-order chi connectivity index (χ0) is 32.0. The number of guanidine groups is 1. The van der Waals surface area contributed by atoms with Gasteiger partial charge in [-0.25, -0.2) is 25.0 Å². The van der Waals surface area contributed by atoms with Crippen LogP contribution in [0.2, 0.25) is 0 Å². The summed E-state index contributed by atoms with van der Waals surface area (Å²) in [5.74, 6) is -0.783. The number of carbonyl (C=O) groups is 3. The number of nitrogens with one attached hydrogen (secondary N) is 2. The molecule has 0 heterocycles. The summed E-state index contributed by atoms with van der Waals surface area (Å²) in [5.41, 5.74) is 15.9.